The molecule has 14 heterocycles. The highest BCUT2D eigenvalue weighted by molar-refractivity contribution is 5.26. The zero-order valence-corrected chi connectivity index (χ0v) is 45.0. The van der Waals surface area contributed by atoms with Crippen LogP contribution in [-0.4, -0.2) is 120 Å². The Morgan fingerprint density at radius 3 is 2.04 bits per heavy atom. The van der Waals surface area contributed by atoms with Gasteiger partial charge in [-0.25, -0.2) is 35.8 Å². The number of aromatic nitrogens is 9. The van der Waals surface area contributed by atoms with Crippen LogP contribution < -0.4 is 48.1 Å². The maximum absolute atomic E-state index is 12.2. The van der Waals surface area contributed by atoms with Gasteiger partial charge in [-0.3, -0.25) is 14.9 Å². The Hall–Kier alpha value is -5.66. The lowest BCUT2D eigenvalue weighted by molar-refractivity contribution is -0.145. The first-order chi connectivity index (χ1) is 38.2. The summed E-state index contributed by atoms with van der Waals surface area (Å²) < 4.78 is 41.1. The molecule has 2 saturated heterocycles. The molecule has 418 valence electrons. The SMILES string of the molecule is C1CN2C(CN1)NNC2C1CC1.Cc1cn2c(n1)CNCC2.FC(F)(F)c1ncc2c(n1)CNCC2.c1cc2c(cn1)CCNC2.c1cc2n(c1)CCNC2.c1cnc2c(c1)CNCC2.c1nc(C2CC2)nc2c1CNCC2. The van der Waals surface area contributed by atoms with Gasteiger partial charge in [0.15, 0.2) is 0 Å². The molecule has 6 aromatic rings. The average Bonchev–Trinajstić information content (AvgIpc) is 4.41. The smallest absolute Gasteiger partial charge is 0.349 e. The summed E-state index contributed by atoms with van der Waals surface area (Å²) >= 11 is 0. The number of hydrazine groups is 1. The van der Waals surface area contributed by atoms with E-state index in [0.717, 1.165) is 140 Å². The van der Waals surface area contributed by atoms with Crippen molar-refractivity contribution in [2.45, 2.75) is 135 Å². The molecule has 9 N–H and O–H groups in total. The van der Waals surface area contributed by atoms with E-state index in [2.05, 4.69) is 134 Å². The second-order valence-electron chi connectivity index (χ2n) is 21.2. The summed E-state index contributed by atoms with van der Waals surface area (Å²) in [4.78, 5) is 31.1. The molecule has 0 aromatic carbocycles. The fraction of sp³-hybridized carbons (Fsp3) is 0.554. The molecule has 4 fully saturated rings. The fourth-order valence-electron chi connectivity index (χ4n) is 10.6. The molecule has 0 spiro atoms. The van der Waals surface area contributed by atoms with Gasteiger partial charge in [0.1, 0.15) is 11.6 Å². The third-order valence-corrected chi connectivity index (χ3v) is 15.2. The summed E-state index contributed by atoms with van der Waals surface area (Å²) in [7, 11) is 0. The van der Waals surface area contributed by atoms with Crippen molar-refractivity contribution >= 4 is 0 Å². The minimum atomic E-state index is -4.45. The topological polar surface area (TPSA) is 212 Å². The van der Waals surface area contributed by atoms with Gasteiger partial charge in [-0.1, -0.05) is 6.07 Å². The monoisotopic (exact) mass is 1070 g/mol. The lowest BCUT2D eigenvalue weighted by Crippen LogP contribution is -2.53. The van der Waals surface area contributed by atoms with Gasteiger partial charge in [0.2, 0.25) is 5.82 Å². The van der Waals surface area contributed by atoms with Crippen molar-refractivity contribution in [3.8, 4) is 0 Å². The van der Waals surface area contributed by atoms with E-state index in [1.54, 1.807) is 0 Å². The summed E-state index contributed by atoms with van der Waals surface area (Å²) in [5.74, 6) is 2.80. The first-order valence-corrected chi connectivity index (χ1v) is 28.2. The van der Waals surface area contributed by atoms with Crippen molar-refractivity contribution in [3.05, 3.63) is 147 Å². The van der Waals surface area contributed by atoms with E-state index in [-0.39, 0.29) is 0 Å². The van der Waals surface area contributed by atoms with Gasteiger partial charge >= 0.3 is 6.18 Å². The minimum absolute atomic E-state index is 0.390. The quantitative estimate of drug-likeness (QED) is 0.121. The van der Waals surface area contributed by atoms with Crippen LogP contribution in [0.2, 0.25) is 0 Å². The Labute approximate surface area is 456 Å². The Kier molecular flexibility index (Phi) is 19.6. The lowest BCUT2D eigenvalue weighted by Gasteiger charge is -2.32. The molecule has 0 amide bonds. The molecule has 2 atom stereocenters. The number of piperazine rings is 1. The molecule has 2 saturated carbocycles. The van der Waals surface area contributed by atoms with E-state index in [1.165, 1.54) is 83.6 Å². The zero-order chi connectivity index (χ0) is 53.5. The van der Waals surface area contributed by atoms with E-state index in [9.17, 15) is 13.2 Å². The molecule has 16 rings (SSSR count). The largest absolute Gasteiger partial charge is 0.451 e. The van der Waals surface area contributed by atoms with E-state index in [4.69, 9.17) is 0 Å². The van der Waals surface area contributed by atoms with Gasteiger partial charge in [0.05, 0.1) is 30.3 Å². The van der Waals surface area contributed by atoms with Crippen molar-refractivity contribution in [1.29, 1.82) is 0 Å². The Morgan fingerprint density at radius 2 is 1.27 bits per heavy atom. The van der Waals surface area contributed by atoms with Crippen LogP contribution in [0.1, 0.15) is 105 Å². The van der Waals surface area contributed by atoms with E-state index < -0.39 is 12.0 Å². The first-order valence-electron chi connectivity index (χ1n) is 28.2. The van der Waals surface area contributed by atoms with Crippen LogP contribution in [-0.2, 0) is 84.2 Å². The number of aryl methyl sites for hydroxylation is 1. The maximum atomic E-state index is 12.2. The van der Waals surface area contributed by atoms with Crippen LogP contribution >= 0.6 is 0 Å². The summed E-state index contributed by atoms with van der Waals surface area (Å²) in [5.41, 5.74) is 18.5. The number of pyridine rings is 2. The number of nitrogens with one attached hydrogen (secondary N) is 9. The number of hydrogen-bond donors (Lipinski definition) is 9. The number of alkyl halides is 3. The normalized spacial score (nSPS) is 21.5. The molecule has 22 heteroatoms. The number of halogens is 3. The standard InChI is InChI=1S/C10H13N3.C8H8F3N3.C8H16N4.2C8H10N2.C7H11N3.C7H10N2/c1-2-7(1)10-12-6-8-5-11-4-3-9(8)13-10;9-8(10,11)7-13-3-5-1-2-12-4-6(5)14-7;1-2-6(1)8-11-10-7-5-9-3-4-12(7)8;1-3-9-6-8-2-4-10-5-7(1)8;1-2-7-6-9-5-3-8(7)10-4-1;1-6-5-10-3-2-8-4-7(10)9-6;1-2-7-6-8-3-5-9(7)4-1/h6-7,11H,1-5H2;3,12H,1-2,4H2;6-11H,1-5H2;1,3,6,10H,2,4-5H2;1-2,4,9H,3,5-6H2;5,8H,2-4H2,1H3;1-2,4,8H,3,5-6H2. The first kappa shape index (κ1) is 55.6. The van der Waals surface area contributed by atoms with E-state index in [0.29, 0.717) is 36.9 Å². The molecule has 0 radical (unpaired) electrons. The summed E-state index contributed by atoms with van der Waals surface area (Å²) in [6.45, 7) is 19.1. The predicted molar refractivity (Wildman–Crippen MR) is 292 cm³/mol. The number of imidazole rings is 1. The van der Waals surface area contributed by atoms with Gasteiger partial charge in [0.25, 0.3) is 0 Å². The highest BCUT2D eigenvalue weighted by Gasteiger charge is 2.43. The van der Waals surface area contributed by atoms with Crippen molar-refractivity contribution in [2.75, 3.05) is 58.9 Å². The fourth-order valence-corrected chi connectivity index (χ4v) is 10.6. The van der Waals surface area contributed by atoms with Crippen LogP contribution in [0.5, 0.6) is 0 Å². The molecule has 0 bridgehead atoms. The molecule has 78 heavy (non-hydrogen) atoms. The second kappa shape index (κ2) is 27.5. The van der Waals surface area contributed by atoms with Crippen molar-refractivity contribution in [1.82, 2.24) is 97.0 Å². The number of rotatable bonds is 2. The third-order valence-electron chi connectivity index (χ3n) is 15.2. The van der Waals surface area contributed by atoms with Crippen LogP contribution in [0.3, 0.4) is 0 Å². The van der Waals surface area contributed by atoms with Crippen molar-refractivity contribution in [2.24, 2.45) is 5.92 Å². The molecule has 2 unspecified atom stereocenters. The van der Waals surface area contributed by atoms with Crippen LogP contribution in [0.25, 0.3) is 0 Å². The predicted octanol–water partition coefficient (Wildman–Crippen LogP) is 3.54. The van der Waals surface area contributed by atoms with Crippen LogP contribution in [0.15, 0.2) is 73.7 Å². The van der Waals surface area contributed by atoms with Gasteiger partial charge in [-0.2, -0.15) is 13.2 Å². The van der Waals surface area contributed by atoms with Crippen molar-refractivity contribution < 1.29 is 13.2 Å². The second-order valence-corrected chi connectivity index (χ2v) is 21.2. The van der Waals surface area contributed by atoms with Gasteiger partial charge in [0, 0.05) is 176 Å². The Balaban J connectivity index is 0.000000103. The number of nitrogens with zero attached hydrogens (tertiary/aromatic N) is 10. The van der Waals surface area contributed by atoms with E-state index >= 15 is 0 Å². The molecule has 19 nitrogen and oxygen atoms in total. The van der Waals surface area contributed by atoms with Gasteiger partial charge < -0.3 is 46.4 Å². The Bertz CT molecular complexity index is 2680. The molecular formula is C56H78F3N19. The highest BCUT2D eigenvalue weighted by atomic mass is 19.4. The Morgan fingerprint density at radius 1 is 0.551 bits per heavy atom. The molecule has 8 aliphatic heterocycles. The summed E-state index contributed by atoms with van der Waals surface area (Å²) in [6, 6.07) is 10.5. The van der Waals surface area contributed by atoms with Crippen molar-refractivity contribution in [3.63, 3.8) is 0 Å². The number of hydrogen-bond acceptors (Lipinski definition) is 17. The number of fused-ring (bicyclic) bond motifs is 7. The minimum Gasteiger partial charge on any atom is -0.349 e. The molecule has 2 aliphatic carbocycles. The maximum Gasteiger partial charge on any atom is 0.451 e. The third kappa shape index (κ3) is 15.8. The van der Waals surface area contributed by atoms with Gasteiger partial charge in [-0.05, 0) is 111 Å². The molecule has 10 aliphatic rings. The highest BCUT2D eigenvalue weighted by Crippen LogP contribution is 2.38. The molecule has 6 aromatic heterocycles. The average molecular weight is 1070 g/mol. The summed E-state index contributed by atoms with van der Waals surface area (Å²) in [6.07, 6.45) is 19.3. The molecular weight excluding hydrogens is 996 g/mol. The zero-order valence-electron chi connectivity index (χ0n) is 45.0. The van der Waals surface area contributed by atoms with E-state index in [1.807, 2.05) is 37.8 Å². The van der Waals surface area contributed by atoms with Crippen LogP contribution in [0, 0.1) is 12.8 Å². The van der Waals surface area contributed by atoms with Crippen LogP contribution in [0.4, 0.5) is 13.2 Å². The lowest BCUT2D eigenvalue weighted by atomic mass is 10.0. The summed E-state index contributed by atoms with van der Waals surface area (Å²) in [5, 5.41) is 22.9. The van der Waals surface area contributed by atoms with Gasteiger partial charge in [-0.15, -0.1) is 0 Å².